The number of anilines is 1. The van der Waals surface area contributed by atoms with Crippen molar-refractivity contribution in [3.63, 3.8) is 0 Å². The summed E-state index contributed by atoms with van der Waals surface area (Å²) in [5, 5.41) is 3.22. The Hall–Kier alpha value is -1.24. The lowest BCUT2D eigenvalue weighted by molar-refractivity contribution is 1.08. The van der Waals surface area contributed by atoms with E-state index in [9.17, 15) is 0 Å². The Labute approximate surface area is 114 Å². The van der Waals surface area contributed by atoms with Crippen LogP contribution in [-0.4, -0.2) is 21.5 Å². The molecule has 0 spiro atoms. The smallest absolute Gasteiger partial charge is 0.180 e. The summed E-state index contributed by atoms with van der Waals surface area (Å²) < 4.78 is 1.02. The van der Waals surface area contributed by atoms with Gasteiger partial charge >= 0.3 is 0 Å². The monoisotopic (exact) mass is 340 g/mol. The van der Waals surface area contributed by atoms with Crippen LogP contribution in [0, 0.1) is 10.5 Å². The van der Waals surface area contributed by atoms with Gasteiger partial charge in [-0.25, -0.2) is 9.97 Å². The number of aryl methyl sites for hydroxylation is 1. The molecule has 0 unspecified atom stereocenters. The van der Waals surface area contributed by atoms with E-state index >= 15 is 0 Å². The number of halogens is 1. The minimum absolute atomic E-state index is 0.666. The topological polar surface area (TPSA) is 50.7 Å². The Morgan fingerprint density at radius 1 is 1.35 bits per heavy atom. The number of nitrogens with one attached hydrogen (secondary N) is 1. The Kier molecular flexibility index (Phi) is 3.88. The van der Waals surface area contributed by atoms with Crippen molar-refractivity contribution >= 4 is 28.4 Å². The van der Waals surface area contributed by atoms with E-state index < -0.39 is 0 Å². The zero-order valence-electron chi connectivity index (χ0n) is 9.74. The molecule has 4 nitrogen and oxygen atoms in total. The first-order chi connectivity index (χ1) is 8.22. The van der Waals surface area contributed by atoms with Crippen molar-refractivity contribution in [1.82, 2.24) is 15.0 Å². The summed E-state index contributed by atoms with van der Waals surface area (Å²) in [4.78, 5) is 13.2. The molecular formula is C12H13IN4. The van der Waals surface area contributed by atoms with Crippen LogP contribution in [0.5, 0.6) is 0 Å². The molecule has 0 saturated heterocycles. The SMILES string of the molecule is CCNc1nc(-c2ncccc2C)ncc1I. The molecule has 5 heteroatoms. The molecule has 0 aliphatic rings. The van der Waals surface area contributed by atoms with E-state index in [0.29, 0.717) is 5.82 Å². The number of hydrogen-bond acceptors (Lipinski definition) is 4. The molecular weight excluding hydrogens is 327 g/mol. The Morgan fingerprint density at radius 3 is 2.88 bits per heavy atom. The minimum atomic E-state index is 0.666. The maximum Gasteiger partial charge on any atom is 0.180 e. The third-order valence-electron chi connectivity index (χ3n) is 2.31. The van der Waals surface area contributed by atoms with E-state index in [1.165, 1.54) is 0 Å². The summed E-state index contributed by atoms with van der Waals surface area (Å²) in [6, 6.07) is 3.92. The zero-order valence-corrected chi connectivity index (χ0v) is 11.9. The maximum absolute atomic E-state index is 4.50. The third-order valence-corrected chi connectivity index (χ3v) is 3.10. The Balaban J connectivity index is 2.46. The van der Waals surface area contributed by atoms with Crippen LogP contribution in [0.3, 0.4) is 0 Å². The zero-order chi connectivity index (χ0) is 12.3. The van der Waals surface area contributed by atoms with Crippen LogP contribution in [-0.2, 0) is 0 Å². The molecule has 2 heterocycles. The predicted molar refractivity (Wildman–Crippen MR) is 76.9 cm³/mol. The van der Waals surface area contributed by atoms with Crippen molar-refractivity contribution in [2.75, 3.05) is 11.9 Å². The Bertz CT molecular complexity index is 528. The average Bonchev–Trinajstić information content (AvgIpc) is 2.33. The summed E-state index contributed by atoms with van der Waals surface area (Å²) in [5.74, 6) is 1.53. The molecule has 0 fully saturated rings. The van der Waals surface area contributed by atoms with Crippen molar-refractivity contribution in [2.24, 2.45) is 0 Å². The molecule has 17 heavy (non-hydrogen) atoms. The molecule has 2 aromatic heterocycles. The maximum atomic E-state index is 4.50. The fourth-order valence-corrected chi connectivity index (χ4v) is 1.94. The molecule has 0 radical (unpaired) electrons. The van der Waals surface area contributed by atoms with E-state index in [-0.39, 0.29) is 0 Å². The molecule has 0 aliphatic carbocycles. The van der Waals surface area contributed by atoms with Gasteiger partial charge in [-0.3, -0.25) is 4.98 Å². The van der Waals surface area contributed by atoms with Crippen molar-refractivity contribution in [3.8, 4) is 11.5 Å². The second kappa shape index (κ2) is 5.39. The lowest BCUT2D eigenvalue weighted by Crippen LogP contribution is -2.04. The second-order valence-corrected chi connectivity index (χ2v) is 4.75. The molecule has 2 aromatic rings. The number of pyridine rings is 1. The number of nitrogens with zero attached hydrogens (tertiary/aromatic N) is 3. The van der Waals surface area contributed by atoms with Crippen LogP contribution < -0.4 is 5.32 Å². The molecule has 0 aliphatic heterocycles. The minimum Gasteiger partial charge on any atom is -0.369 e. The van der Waals surface area contributed by atoms with Gasteiger partial charge in [-0.2, -0.15) is 0 Å². The van der Waals surface area contributed by atoms with Gasteiger partial charge in [-0.15, -0.1) is 0 Å². The molecule has 0 atom stereocenters. The highest BCUT2D eigenvalue weighted by atomic mass is 127. The molecule has 2 rings (SSSR count). The first-order valence-electron chi connectivity index (χ1n) is 5.40. The molecule has 0 saturated carbocycles. The van der Waals surface area contributed by atoms with Gasteiger partial charge in [0.15, 0.2) is 5.82 Å². The van der Waals surface area contributed by atoms with Crippen LogP contribution >= 0.6 is 22.6 Å². The number of aromatic nitrogens is 3. The summed E-state index contributed by atoms with van der Waals surface area (Å²) in [5.41, 5.74) is 1.92. The van der Waals surface area contributed by atoms with Gasteiger partial charge in [-0.1, -0.05) is 6.07 Å². The lowest BCUT2D eigenvalue weighted by atomic mass is 10.2. The fraction of sp³-hybridized carbons (Fsp3) is 0.250. The van der Waals surface area contributed by atoms with E-state index in [1.807, 2.05) is 32.2 Å². The van der Waals surface area contributed by atoms with Crippen molar-refractivity contribution in [1.29, 1.82) is 0 Å². The first-order valence-corrected chi connectivity index (χ1v) is 6.48. The van der Waals surface area contributed by atoms with Crippen LogP contribution in [0.2, 0.25) is 0 Å². The fourth-order valence-electron chi connectivity index (χ4n) is 1.49. The Morgan fingerprint density at radius 2 is 2.18 bits per heavy atom. The van der Waals surface area contributed by atoms with Crippen molar-refractivity contribution in [2.45, 2.75) is 13.8 Å². The van der Waals surface area contributed by atoms with Crippen LogP contribution in [0.1, 0.15) is 12.5 Å². The van der Waals surface area contributed by atoms with Gasteiger partial charge in [0.25, 0.3) is 0 Å². The quantitative estimate of drug-likeness (QED) is 0.873. The van der Waals surface area contributed by atoms with Crippen molar-refractivity contribution < 1.29 is 0 Å². The summed E-state index contributed by atoms with van der Waals surface area (Å²) in [6.07, 6.45) is 3.57. The summed E-state index contributed by atoms with van der Waals surface area (Å²) in [6.45, 7) is 4.90. The lowest BCUT2D eigenvalue weighted by Gasteiger charge is -2.08. The van der Waals surface area contributed by atoms with E-state index in [0.717, 1.165) is 27.2 Å². The van der Waals surface area contributed by atoms with Gasteiger partial charge in [0, 0.05) is 18.9 Å². The highest BCUT2D eigenvalue weighted by molar-refractivity contribution is 14.1. The van der Waals surface area contributed by atoms with Crippen LogP contribution in [0.25, 0.3) is 11.5 Å². The molecule has 1 N–H and O–H groups in total. The van der Waals surface area contributed by atoms with Crippen LogP contribution in [0.4, 0.5) is 5.82 Å². The van der Waals surface area contributed by atoms with Crippen LogP contribution in [0.15, 0.2) is 24.5 Å². The average molecular weight is 340 g/mol. The van der Waals surface area contributed by atoms with E-state index in [2.05, 4.69) is 42.9 Å². The van der Waals surface area contributed by atoms with E-state index in [1.54, 1.807) is 6.20 Å². The predicted octanol–water partition coefficient (Wildman–Crippen LogP) is 2.88. The van der Waals surface area contributed by atoms with E-state index in [4.69, 9.17) is 0 Å². The highest BCUT2D eigenvalue weighted by Gasteiger charge is 2.09. The van der Waals surface area contributed by atoms with Gasteiger partial charge in [-0.05, 0) is 48.1 Å². The van der Waals surface area contributed by atoms with Gasteiger partial charge in [0.2, 0.25) is 0 Å². The molecule has 0 amide bonds. The molecule has 0 bridgehead atoms. The van der Waals surface area contributed by atoms with Gasteiger partial charge < -0.3 is 5.32 Å². The molecule has 88 valence electrons. The largest absolute Gasteiger partial charge is 0.369 e. The number of rotatable bonds is 3. The standard InChI is InChI=1S/C12H13IN4/c1-3-14-11-9(13)7-16-12(17-11)10-8(2)5-4-6-15-10/h4-7H,3H2,1-2H3,(H,14,16,17). The van der Waals surface area contributed by atoms with Crippen molar-refractivity contribution in [3.05, 3.63) is 33.7 Å². The summed E-state index contributed by atoms with van der Waals surface area (Å²) in [7, 11) is 0. The highest BCUT2D eigenvalue weighted by Crippen LogP contribution is 2.21. The van der Waals surface area contributed by atoms with Gasteiger partial charge in [0.05, 0.1) is 3.57 Å². The van der Waals surface area contributed by atoms with Gasteiger partial charge in [0.1, 0.15) is 11.5 Å². The third kappa shape index (κ3) is 2.71. The normalized spacial score (nSPS) is 10.3. The summed E-state index contributed by atoms with van der Waals surface area (Å²) >= 11 is 2.22. The second-order valence-electron chi connectivity index (χ2n) is 3.59. The first kappa shape index (κ1) is 12.2. The number of hydrogen-bond donors (Lipinski definition) is 1. The molecule has 0 aromatic carbocycles.